The quantitative estimate of drug-likeness (QED) is 0.702. The fourth-order valence-corrected chi connectivity index (χ4v) is 3.90. The summed E-state index contributed by atoms with van der Waals surface area (Å²) in [6.45, 7) is 4.64. The molecule has 4 nitrogen and oxygen atoms in total. The molecule has 1 atom stereocenters. The smallest absolute Gasteiger partial charge is 0.163 e. The molecular formula is C23H30NO3+. The van der Waals surface area contributed by atoms with Gasteiger partial charge >= 0.3 is 0 Å². The van der Waals surface area contributed by atoms with Crippen molar-refractivity contribution < 1.29 is 19.5 Å². The Morgan fingerprint density at radius 3 is 2.48 bits per heavy atom. The van der Waals surface area contributed by atoms with Crippen molar-refractivity contribution in [1.82, 2.24) is 0 Å². The molecule has 0 saturated carbocycles. The number of quaternary nitrogens is 1. The van der Waals surface area contributed by atoms with E-state index in [0.29, 0.717) is 17.9 Å². The summed E-state index contributed by atoms with van der Waals surface area (Å²) in [5, 5.41) is 10.4. The third-order valence-electron chi connectivity index (χ3n) is 5.40. The molecule has 0 bridgehead atoms. The van der Waals surface area contributed by atoms with E-state index in [1.165, 1.54) is 30.2 Å². The maximum absolute atomic E-state index is 11.6. The summed E-state index contributed by atoms with van der Waals surface area (Å²) >= 11 is 0. The Labute approximate surface area is 161 Å². The standard InChI is InChI=1S/C23H29NO3/c1-18(25)22-9-5-6-10-23(22)27-17-21(26)16-24-13-11-20(12-14-24)15-19-7-3-2-4-8-19/h2-10,20-21,26H,11-17H2,1H3/p+1/t21-/m0/s1. The Hall–Kier alpha value is -2.17. The highest BCUT2D eigenvalue weighted by atomic mass is 16.5. The topological polar surface area (TPSA) is 51.0 Å². The Kier molecular flexibility index (Phi) is 7.02. The van der Waals surface area contributed by atoms with E-state index in [0.717, 1.165) is 25.4 Å². The molecule has 1 saturated heterocycles. The largest absolute Gasteiger partial charge is 0.490 e. The van der Waals surface area contributed by atoms with Crippen molar-refractivity contribution in [3.8, 4) is 5.75 Å². The highest BCUT2D eigenvalue weighted by molar-refractivity contribution is 5.96. The second-order valence-electron chi connectivity index (χ2n) is 7.60. The van der Waals surface area contributed by atoms with E-state index in [1.54, 1.807) is 12.1 Å². The van der Waals surface area contributed by atoms with Crippen LogP contribution in [0.3, 0.4) is 0 Å². The first-order valence-corrected chi connectivity index (χ1v) is 9.90. The van der Waals surface area contributed by atoms with Gasteiger partial charge in [0.25, 0.3) is 0 Å². The molecule has 0 spiro atoms. The van der Waals surface area contributed by atoms with Crippen molar-refractivity contribution in [1.29, 1.82) is 0 Å². The molecule has 0 aromatic heterocycles. The van der Waals surface area contributed by atoms with E-state index in [-0.39, 0.29) is 12.4 Å². The molecule has 0 aliphatic carbocycles. The molecule has 4 heteroatoms. The van der Waals surface area contributed by atoms with Gasteiger partial charge in [-0.1, -0.05) is 42.5 Å². The van der Waals surface area contributed by atoms with E-state index in [4.69, 9.17) is 4.74 Å². The number of para-hydroxylation sites is 1. The van der Waals surface area contributed by atoms with Crippen LogP contribution in [-0.2, 0) is 6.42 Å². The molecule has 2 aromatic carbocycles. The zero-order valence-corrected chi connectivity index (χ0v) is 16.1. The Bertz CT molecular complexity index is 723. The van der Waals surface area contributed by atoms with Gasteiger partial charge in [-0.25, -0.2) is 0 Å². The molecule has 3 rings (SSSR count). The molecule has 2 N–H and O–H groups in total. The van der Waals surface area contributed by atoms with Gasteiger partial charge in [-0.2, -0.15) is 0 Å². The highest BCUT2D eigenvalue weighted by Gasteiger charge is 2.24. The number of benzene rings is 2. The van der Waals surface area contributed by atoms with Gasteiger partial charge in [0.05, 0.1) is 18.7 Å². The molecular weight excluding hydrogens is 338 g/mol. The minimum atomic E-state index is -0.523. The minimum absolute atomic E-state index is 0.0220. The Balaban J connectivity index is 1.41. The third kappa shape index (κ3) is 5.91. The van der Waals surface area contributed by atoms with Crippen LogP contribution in [0.5, 0.6) is 5.75 Å². The van der Waals surface area contributed by atoms with Crippen LogP contribution in [0.2, 0.25) is 0 Å². The summed E-state index contributed by atoms with van der Waals surface area (Å²) in [5.74, 6) is 1.28. The van der Waals surface area contributed by atoms with Crippen LogP contribution < -0.4 is 9.64 Å². The van der Waals surface area contributed by atoms with Gasteiger partial charge in [-0.05, 0) is 49.8 Å². The summed E-state index contributed by atoms with van der Waals surface area (Å²) in [4.78, 5) is 13.1. The monoisotopic (exact) mass is 368 g/mol. The second kappa shape index (κ2) is 9.67. The van der Waals surface area contributed by atoms with Gasteiger partial charge in [0.15, 0.2) is 5.78 Å². The molecule has 1 aliphatic heterocycles. The van der Waals surface area contributed by atoms with Crippen LogP contribution in [-0.4, -0.2) is 43.2 Å². The summed E-state index contributed by atoms with van der Waals surface area (Å²) in [5.41, 5.74) is 1.99. The highest BCUT2D eigenvalue weighted by Crippen LogP contribution is 2.19. The molecule has 1 aliphatic rings. The summed E-state index contributed by atoms with van der Waals surface area (Å²) in [7, 11) is 0. The van der Waals surface area contributed by atoms with Crippen molar-refractivity contribution in [3.05, 3.63) is 65.7 Å². The van der Waals surface area contributed by atoms with E-state index in [9.17, 15) is 9.90 Å². The van der Waals surface area contributed by atoms with E-state index >= 15 is 0 Å². The predicted molar refractivity (Wildman–Crippen MR) is 106 cm³/mol. The van der Waals surface area contributed by atoms with Crippen molar-refractivity contribution in [3.63, 3.8) is 0 Å². The molecule has 27 heavy (non-hydrogen) atoms. The lowest BCUT2D eigenvalue weighted by molar-refractivity contribution is -0.909. The van der Waals surface area contributed by atoms with Crippen molar-refractivity contribution in [2.45, 2.75) is 32.3 Å². The van der Waals surface area contributed by atoms with Crippen LogP contribution in [0.25, 0.3) is 0 Å². The Morgan fingerprint density at radius 1 is 1.11 bits per heavy atom. The number of carbonyl (C=O) groups excluding carboxylic acids is 1. The number of carbonyl (C=O) groups is 1. The first-order valence-electron chi connectivity index (χ1n) is 9.90. The lowest BCUT2D eigenvalue weighted by Crippen LogP contribution is -3.14. The molecule has 2 aromatic rings. The minimum Gasteiger partial charge on any atom is -0.490 e. The van der Waals surface area contributed by atoms with Gasteiger partial charge in [0.2, 0.25) is 0 Å². The fourth-order valence-electron chi connectivity index (χ4n) is 3.90. The van der Waals surface area contributed by atoms with Crippen LogP contribution in [0.4, 0.5) is 0 Å². The molecule has 1 heterocycles. The second-order valence-corrected chi connectivity index (χ2v) is 7.60. The molecule has 144 valence electrons. The van der Waals surface area contributed by atoms with E-state index in [1.807, 2.05) is 12.1 Å². The number of aliphatic hydroxyl groups excluding tert-OH is 1. The average molecular weight is 368 g/mol. The number of hydrogen-bond acceptors (Lipinski definition) is 3. The SMILES string of the molecule is CC(=O)c1ccccc1OC[C@@H](O)C[NH+]1CCC(Cc2ccccc2)CC1. The zero-order valence-electron chi connectivity index (χ0n) is 16.1. The number of aliphatic hydroxyl groups is 1. The van der Waals surface area contributed by atoms with Crippen LogP contribution >= 0.6 is 0 Å². The van der Waals surface area contributed by atoms with Crippen LogP contribution in [0.15, 0.2) is 54.6 Å². The lowest BCUT2D eigenvalue weighted by Gasteiger charge is -2.30. The molecule has 0 radical (unpaired) electrons. The van der Waals surface area contributed by atoms with Crippen molar-refractivity contribution in [2.75, 3.05) is 26.2 Å². The average Bonchev–Trinajstić information content (AvgIpc) is 2.69. The van der Waals surface area contributed by atoms with E-state index in [2.05, 4.69) is 30.3 Å². The summed E-state index contributed by atoms with van der Waals surface area (Å²) in [6, 6.07) is 17.9. The number of ketones is 1. The maximum Gasteiger partial charge on any atom is 0.163 e. The van der Waals surface area contributed by atoms with Gasteiger partial charge < -0.3 is 14.7 Å². The summed E-state index contributed by atoms with van der Waals surface area (Å²) < 4.78 is 5.72. The first-order chi connectivity index (χ1) is 13.1. The van der Waals surface area contributed by atoms with Crippen molar-refractivity contribution in [2.24, 2.45) is 5.92 Å². The molecule has 0 unspecified atom stereocenters. The molecule has 1 fully saturated rings. The van der Waals surface area contributed by atoms with Crippen LogP contribution in [0, 0.1) is 5.92 Å². The summed E-state index contributed by atoms with van der Waals surface area (Å²) in [6.07, 6.45) is 3.03. The normalized spacial score (nSPS) is 20.8. The Morgan fingerprint density at radius 2 is 1.78 bits per heavy atom. The molecule has 0 amide bonds. The number of likely N-dealkylation sites (tertiary alicyclic amines) is 1. The predicted octanol–water partition coefficient (Wildman–Crippen LogP) is 2.17. The maximum atomic E-state index is 11.6. The fraction of sp³-hybridized carbons (Fsp3) is 0.435. The van der Waals surface area contributed by atoms with Crippen molar-refractivity contribution >= 4 is 5.78 Å². The number of ether oxygens (including phenoxy) is 1. The number of piperidine rings is 1. The van der Waals surface area contributed by atoms with Crippen LogP contribution in [0.1, 0.15) is 35.7 Å². The van der Waals surface area contributed by atoms with E-state index < -0.39 is 6.10 Å². The number of rotatable bonds is 8. The number of Topliss-reactive ketones (excluding diaryl/α,β-unsaturated/α-hetero) is 1. The van der Waals surface area contributed by atoms with Gasteiger partial charge in [-0.3, -0.25) is 4.79 Å². The zero-order chi connectivity index (χ0) is 19.1. The first kappa shape index (κ1) is 19.6. The number of nitrogens with one attached hydrogen (secondary N) is 1. The number of hydrogen-bond donors (Lipinski definition) is 2. The third-order valence-corrected chi connectivity index (χ3v) is 5.40. The van der Waals surface area contributed by atoms with Gasteiger partial charge in [0.1, 0.15) is 25.0 Å². The van der Waals surface area contributed by atoms with Gasteiger partial charge in [0, 0.05) is 0 Å². The van der Waals surface area contributed by atoms with Gasteiger partial charge in [-0.15, -0.1) is 0 Å². The lowest BCUT2D eigenvalue weighted by atomic mass is 9.90.